The van der Waals surface area contributed by atoms with E-state index in [1.807, 2.05) is 79.7 Å². The Morgan fingerprint density at radius 2 is 1.77 bits per heavy atom. The van der Waals surface area contributed by atoms with Gasteiger partial charge in [0, 0.05) is 28.8 Å². The molecular weight excluding hydrogens is 454 g/mol. The van der Waals surface area contributed by atoms with Crippen LogP contribution in [0, 0.1) is 6.92 Å². The molecule has 0 radical (unpaired) electrons. The first-order chi connectivity index (χ1) is 15.0. The van der Waals surface area contributed by atoms with Gasteiger partial charge in [-0.05, 0) is 54.3 Å². The summed E-state index contributed by atoms with van der Waals surface area (Å²) in [5.41, 5.74) is 4.77. The molecule has 0 aromatic heterocycles. The quantitative estimate of drug-likeness (QED) is 0.538. The summed E-state index contributed by atoms with van der Waals surface area (Å²) in [4.78, 5) is 28.0. The number of benzene rings is 3. The Hall–Kier alpha value is -3.12. The van der Waals surface area contributed by atoms with Gasteiger partial charge in [0.2, 0.25) is 5.91 Å². The second kappa shape index (κ2) is 9.35. The first-order valence-electron chi connectivity index (χ1n) is 10.3. The Balaban J connectivity index is 1.53. The van der Waals surface area contributed by atoms with Gasteiger partial charge in [-0.3, -0.25) is 4.79 Å². The molecule has 2 N–H and O–H groups in total. The molecule has 1 aliphatic heterocycles. The third kappa shape index (κ3) is 4.97. The molecule has 0 unspecified atom stereocenters. The molecule has 31 heavy (non-hydrogen) atoms. The number of nitrogens with one attached hydrogen (secondary N) is 2. The third-order valence-corrected chi connectivity index (χ3v) is 6.34. The molecule has 0 saturated heterocycles. The summed E-state index contributed by atoms with van der Waals surface area (Å²) >= 11 is 3.46. The first kappa shape index (κ1) is 21.1. The monoisotopic (exact) mass is 477 g/mol. The van der Waals surface area contributed by atoms with Gasteiger partial charge in [-0.1, -0.05) is 64.5 Å². The van der Waals surface area contributed by atoms with Gasteiger partial charge in [-0.25, -0.2) is 4.79 Å². The lowest BCUT2D eigenvalue weighted by molar-refractivity contribution is -0.120. The zero-order chi connectivity index (χ0) is 21.8. The smallest absolute Gasteiger partial charge is 0.319 e. The van der Waals surface area contributed by atoms with E-state index in [0.717, 1.165) is 33.3 Å². The lowest BCUT2D eigenvalue weighted by atomic mass is 10.0. The van der Waals surface area contributed by atoms with Crippen LogP contribution in [0.1, 0.15) is 16.7 Å². The summed E-state index contributed by atoms with van der Waals surface area (Å²) in [6, 6.07) is 22.2. The molecule has 6 heteroatoms. The zero-order valence-corrected chi connectivity index (χ0v) is 18.9. The van der Waals surface area contributed by atoms with Crippen molar-refractivity contribution >= 4 is 39.2 Å². The Morgan fingerprint density at radius 1 is 1.03 bits per heavy atom. The van der Waals surface area contributed by atoms with Crippen LogP contribution in [0.2, 0.25) is 0 Å². The van der Waals surface area contributed by atoms with Crippen molar-refractivity contribution in [3.8, 4) is 0 Å². The number of amides is 3. The zero-order valence-electron chi connectivity index (χ0n) is 17.3. The summed E-state index contributed by atoms with van der Waals surface area (Å²) in [6.45, 7) is 2.58. The van der Waals surface area contributed by atoms with E-state index in [9.17, 15) is 9.59 Å². The van der Waals surface area contributed by atoms with Crippen molar-refractivity contribution in [2.24, 2.45) is 0 Å². The van der Waals surface area contributed by atoms with Crippen molar-refractivity contribution in [3.05, 3.63) is 94.0 Å². The number of carbonyl (C=O) groups excluding carboxylic acids is 2. The molecule has 0 bridgehead atoms. The van der Waals surface area contributed by atoms with E-state index in [2.05, 4.69) is 26.6 Å². The van der Waals surface area contributed by atoms with E-state index in [1.54, 1.807) is 4.90 Å². The Kier molecular flexibility index (Phi) is 6.37. The lowest BCUT2D eigenvalue weighted by Gasteiger charge is -2.25. The number of para-hydroxylation sites is 1. The largest absolute Gasteiger partial charge is 0.326 e. The van der Waals surface area contributed by atoms with E-state index in [1.165, 1.54) is 0 Å². The number of halogens is 1. The fourth-order valence-corrected chi connectivity index (χ4v) is 4.10. The predicted molar refractivity (Wildman–Crippen MR) is 127 cm³/mol. The highest BCUT2D eigenvalue weighted by Crippen LogP contribution is 2.28. The average molecular weight is 478 g/mol. The number of carbonyl (C=O) groups is 2. The topological polar surface area (TPSA) is 61.4 Å². The van der Waals surface area contributed by atoms with Gasteiger partial charge >= 0.3 is 6.03 Å². The van der Waals surface area contributed by atoms with E-state index in [4.69, 9.17) is 0 Å². The van der Waals surface area contributed by atoms with E-state index in [-0.39, 0.29) is 5.91 Å². The molecular formula is C25H24BrN3O2. The van der Waals surface area contributed by atoms with Crippen molar-refractivity contribution < 1.29 is 9.59 Å². The van der Waals surface area contributed by atoms with Crippen LogP contribution in [0.5, 0.6) is 0 Å². The van der Waals surface area contributed by atoms with Crippen LogP contribution in [0.15, 0.2) is 77.3 Å². The second-order valence-corrected chi connectivity index (χ2v) is 8.53. The summed E-state index contributed by atoms with van der Waals surface area (Å²) in [5, 5.41) is 5.75. The number of hydrogen-bond donors (Lipinski definition) is 2. The van der Waals surface area contributed by atoms with E-state index < -0.39 is 12.1 Å². The predicted octanol–water partition coefficient (Wildman–Crippen LogP) is 5.08. The van der Waals surface area contributed by atoms with Crippen LogP contribution in [0.25, 0.3) is 0 Å². The Labute approximate surface area is 190 Å². The highest BCUT2D eigenvalue weighted by atomic mass is 79.9. The molecule has 0 spiro atoms. The van der Waals surface area contributed by atoms with Gasteiger partial charge in [0.05, 0.1) is 0 Å². The molecule has 3 aromatic carbocycles. The normalized spacial score (nSPS) is 13.4. The van der Waals surface area contributed by atoms with Crippen molar-refractivity contribution in [3.63, 3.8) is 0 Å². The minimum absolute atomic E-state index is 0.101. The van der Waals surface area contributed by atoms with Gasteiger partial charge < -0.3 is 15.5 Å². The number of hydrogen-bond acceptors (Lipinski definition) is 2. The maximum atomic E-state index is 13.5. The molecule has 1 aliphatic rings. The van der Waals surface area contributed by atoms with Gasteiger partial charge in [0.15, 0.2) is 0 Å². The molecule has 0 fully saturated rings. The molecule has 0 aliphatic carbocycles. The summed E-state index contributed by atoms with van der Waals surface area (Å²) in [6.07, 6.45) is 1.25. The molecule has 3 amide bonds. The number of anilines is 2. The summed E-state index contributed by atoms with van der Waals surface area (Å²) < 4.78 is 0.975. The average Bonchev–Trinajstić information content (AvgIpc) is 3.20. The molecule has 4 rings (SSSR count). The number of fused-ring (bicyclic) bond motifs is 1. The van der Waals surface area contributed by atoms with Crippen LogP contribution in [0.3, 0.4) is 0 Å². The number of urea groups is 1. The van der Waals surface area contributed by atoms with Crippen LogP contribution in [-0.4, -0.2) is 24.5 Å². The summed E-state index contributed by atoms with van der Waals surface area (Å²) in [5.74, 6) is -0.101. The van der Waals surface area contributed by atoms with Crippen molar-refractivity contribution in [1.29, 1.82) is 0 Å². The minimum atomic E-state index is -0.676. The van der Waals surface area contributed by atoms with Gasteiger partial charge in [-0.15, -0.1) is 0 Å². The number of nitrogens with zero attached hydrogens (tertiary/aromatic N) is 1. The van der Waals surface area contributed by atoms with Crippen LogP contribution in [0.4, 0.5) is 16.2 Å². The lowest BCUT2D eigenvalue weighted by Crippen LogP contribution is -2.50. The van der Waals surface area contributed by atoms with Crippen molar-refractivity contribution in [2.45, 2.75) is 25.8 Å². The first-order valence-corrected chi connectivity index (χ1v) is 11.1. The van der Waals surface area contributed by atoms with Gasteiger partial charge in [0.1, 0.15) is 6.04 Å². The second-order valence-electron chi connectivity index (χ2n) is 7.67. The number of rotatable bonds is 5. The fraction of sp³-hybridized carbons (Fsp3) is 0.200. The van der Waals surface area contributed by atoms with Crippen LogP contribution in [-0.2, 0) is 17.6 Å². The number of aryl methyl sites for hydroxylation is 1. The fourth-order valence-electron chi connectivity index (χ4n) is 3.85. The molecule has 0 saturated carbocycles. The third-order valence-electron chi connectivity index (χ3n) is 5.46. The molecule has 1 atom stereocenters. The molecule has 158 valence electrons. The standard InChI is InChI=1S/C25H24BrN3O2/c1-17-15-20(11-12-21(17)26)27-25(31)28-22(16-18-7-3-2-4-8-18)24(30)29-14-13-19-9-5-6-10-23(19)29/h2-12,15,22H,13-14,16H2,1H3,(H2,27,28,31)/t22-/m1/s1. The van der Waals surface area contributed by atoms with Gasteiger partial charge in [0.25, 0.3) is 0 Å². The van der Waals surface area contributed by atoms with Gasteiger partial charge in [-0.2, -0.15) is 0 Å². The molecule has 3 aromatic rings. The maximum Gasteiger partial charge on any atom is 0.319 e. The Bertz CT molecular complexity index is 1100. The SMILES string of the molecule is Cc1cc(NC(=O)N[C@H](Cc2ccccc2)C(=O)N2CCc3ccccc32)ccc1Br. The molecule has 5 nitrogen and oxygen atoms in total. The van der Waals surface area contributed by atoms with E-state index >= 15 is 0 Å². The van der Waals surface area contributed by atoms with Crippen molar-refractivity contribution in [1.82, 2.24) is 5.32 Å². The highest BCUT2D eigenvalue weighted by molar-refractivity contribution is 9.10. The summed E-state index contributed by atoms with van der Waals surface area (Å²) in [7, 11) is 0. The Morgan fingerprint density at radius 3 is 2.55 bits per heavy atom. The highest BCUT2D eigenvalue weighted by Gasteiger charge is 2.31. The molecule has 1 heterocycles. The van der Waals surface area contributed by atoms with Crippen molar-refractivity contribution in [2.75, 3.05) is 16.8 Å². The van der Waals surface area contributed by atoms with Crippen LogP contribution < -0.4 is 15.5 Å². The maximum absolute atomic E-state index is 13.5. The minimum Gasteiger partial charge on any atom is -0.326 e. The van der Waals surface area contributed by atoms with E-state index in [0.29, 0.717) is 18.7 Å². The van der Waals surface area contributed by atoms with Crippen LogP contribution >= 0.6 is 15.9 Å².